The minimum atomic E-state index is -4.73. The molecule has 0 aliphatic carbocycles. The Kier molecular flexibility index (Phi) is 4.63. The third kappa shape index (κ3) is 3.74. The average Bonchev–Trinajstić information content (AvgIpc) is 3.54. The summed E-state index contributed by atoms with van der Waals surface area (Å²) in [4.78, 5) is 8.83. The van der Waals surface area contributed by atoms with E-state index in [1.165, 1.54) is 6.20 Å². The number of aromatic nitrogens is 5. The number of fused-ring (bicyclic) bond motifs is 3. The molecule has 12 heteroatoms. The van der Waals surface area contributed by atoms with Gasteiger partial charge in [0, 0.05) is 31.8 Å². The molecule has 188 valence electrons. The number of anilines is 2. The molecule has 2 bridgehead atoms. The molecular weight excluding hydrogens is 463 g/mol. The number of nitrogens with one attached hydrogen (secondary N) is 1. The maximum absolute atomic E-state index is 14.4. The van der Waals surface area contributed by atoms with Crippen molar-refractivity contribution in [1.29, 1.82) is 0 Å². The quantitative estimate of drug-likeness (QED) is 0.594. The molecule has 3 aliphatic rings. The molecule has 0 saturated carbocycles. The van der Waals surface area contributed by atoms with E-state index in [1.54, 1.807) is 12.1 Å². The van der Waals surface area contributed by atoms with Gasteiger partial charge in [-0.3, -0.25) is 5.10 Å². The number of nitrogens with zero attached hydrogens (tertiary/aromatic N) is 6. The molecule has 4 atom stereocenters. The van der Waals surface area contributed by atoms with Gasteiger partial charge in [0.15, 0.2) is 17.2 Å². The van der Waals surface area contributed by atoms with Gasteiger partial charge in [-0.15, -0.1) is 0 Å². The minimum Gasteiger partial charge on any atom is -0.381 e. The van der Waals surface area contributed by atoms with Crippen LogP contribution >= 0.6 is 0 Å². The van der Waals surface area contributed by atoms with Crippen LogP contribution in [0.2, 0.25) is 0 Å². The summed E-state index contributed by atoms with van der Waals surface area (Å²) in [6, 6.07) is 3.17. The van der Waals surface area contributed by atoms with E-state index in [2.05, 4.69) is 20.2 Å². The van der Waals surface area contributed by atoms with Crippen LogP contribution in [0.5, 0.6) is 0 Å². The average molecular weight is 495 g/mol. The summed E-state index contributed by atoms with van der Waals surface area (Å²) in [6.07, 6.45) is -1.25. The van der Waals surface area contributed by atoms with Gasteiger partial charge < -0.3 is 19.3 Å². The van der Waals surface area contributed by atoms with Crippen molar-refractivity contribution in [1.82, 2.24) is 25.0 Å². The van der Waals surface area contributed by atoms with Crippen LogP contribution in [0.25, 0.3) is 16.9 Å². The van der Waals surface area contributed by atoms with E-state index in [9.17, 15) is 13.2 Å². The molecule has 0 spiro atoms. The van der Waals surface area contributed by atoms with Gasteiger partial charge in [0.2, 0.25) is 0 Å². The second-order valence-electron chi connectivity index (χ2n) is 9.53. The number of aromatic amines is 1. The van der Waals surface area contributed by atoms with Crippen molar-refractivity contribution >= 4 is 22.5 Å². The zero-order chi connectivity index (χ0) is 26.8. The van der Waals surface area contributed by atoms with Crippen LogP contribution in [-0.2, 0) is 15.7 Å². The van der Waals surface area contributed by atoms with Gasteiger partial charge in [-0.1, -0.05) is 0 Å². The third-order valence-corrected chi connectivity index (χ3v) is 7.40. The summed E-state index contributed by atoms with van der Waals surface area (Å²) in [5.74, 6) is 0.842. The molecule has 0 amide bonds. The molecule has 3 aromatic heterocycles. The van der Waals surface area contributed by atoms with E-state index >= 15 is 0 Å². The van der Waals surface area contributed by atoms with Crippen LogP contribution < -0.4 is 9.80 Å². The molecule has 3 fully saturated rings. The number of halogens is 3. The van der Waals surface area contributed by atoms with E-state index in [0.717, 1.165) is 17.5 Å². The number of alkyl halides is 3. The number of hydrogen-bond donors (Lipinski definition) is 1. The SMILES string of the molecule is [2H]C([2H])([2H])OC1CCN(c2cc(N3C4CCC3COC4)nc3c2c(C(F)(F)F)nn3-c2ccn[nH]2)[C@H](C)C1. The monoisotopic (exact) mass is 494 g/mol. The number of hydrogen-bond acceptors (Lipinski definition) is 7. The summed E-state index contributed by atoms with van der Waals surface area (Å²) in [7, 11) is -2.53. The van der Waals surface area contributed by atoms with Crippen LogP contribution in [0.4, 0.5) is 24.7 Å². The Bertz CT molecular complexity index is 1300. The second-order valence-corrected chi connectivity index (χ2v) is 9.53. The van der Waals surface area contributed by atoms with E-state index in [1.807, 2.05) is 11.8 Å². The van der Waals surface area contributed by atoms with Crippen molar-refractivity contribution in [3.63, 3.8) is 0 Å². The highest BCUT2D eigenvalue weighted by Crippen LogP contribution is 2.44. The molecule has 35 heavy (non-hydrogen) atoms. The van der Waals surface area contributed by atoms with Gasteiger partial charge in [-0.25, -0.2) is 4.98 Å². The maximum atomic E-state index is 14.4. The van der Waals surface area contributed by atoms with Crippen molar-refractivity contribution in [3.8, 4) is 5.82 Å². The molecular formula is C23H28F3N7O2. The fourth-order valence-corrected chi connectivity index (χ4v) is 5.77. The highest BCUT2D eigenvalue weighted by molar-refractivity contribution is 5.95. The topological polar surface area (TPSA) is 84.3 Å². The lowest BCUT2D eigenvalue weighted by Crippen LogP contribution is -2.47. The molecule has 3 aromatic rings. The molecule has 0 aromatic carbocycles. The normalized spacial score (nSPS) is 28.9. The summed E-state index contributed by atoms with van der Waals surface area (Å²) in [5.41, 5.74) is -0.587. The van der Waals surface area contributed by atoms with Crippen molar-refractivity contribution < 1.29 is 26.8 Å². The lowest BCUT2D eigenvalue weighted by atomic mass is 9.99. The van der Waals surface area contributed by atoms with Gasteiger partial charge in [0.1, 0.15) is 5.82 Å². The van der Waals surface area contributed by atoms with Crippen molar-refractivity contribution in [3.05, 3.63) is 24.0 Å². The van der Waals surface area contributed by atoms with Crippen LogP contribution in [0.3, 0.4) is 0 Å². The predicted molar refractivity (Wildman–Crippen MR) is 123 cm³/mol. The predicted octanol–water partition coefficient (Wildman–Crippen LogP) is 3.53. The Morgan fingerprint density at radius 3 is 2.69 bits per heavy atom. The van der Waals surface area contributed by atoms with Crippen LogP contribution in [0.15, 0.2) is 18.3 Å². The number of pyridine rings is 1. The van der Waals surface area contributed by atoms with Gasteiger partial charge in [-0.05, 0) is 32.6 Å². The number of morpholine rings is 1. The summed E-state index contributed by atoms with van der Waals surface area (Å²) in [5, 5.41) is 10.5. The first-order valence-corrected chi connectivity index (χ1v) is 11.8. The summed E-state index contributed by atoms with van der Waals surface area (Å²) >= 11 is 0. The molecule has 1 N–H and O–H groups in total. The van der Waals surface area contributed by atoms with Crippen molar-refractivity contribution in [2.75, 3.05) is 36.6 Å². The molecule has 6 rings (SSSR count). The molecule has 6 heterocycles. The largest absolute Gasteiger partial charge is 0.435 e. The summed E-state index contributed by atoms with van der Waals surface area (Å²) in [6.45, 7) is 3.26. The Balaban J connectivity index is 1.51. The van der Waals surface area contributed by atoms with Crippen LogP contribution in [0.1, 0.15) is 42.4 Å². The second kappa shape index (κ2) is 8.37. The maximum Gasteiger partial charge on any atom is 0.435 e. The van der Waals surface area contributed by atoms with Crippen LogP contribution in [0, 0.1) is 0 Å². The first-order valence-electron chi connectivity index (χ1n) is 13.3. The minimum absolute atomic E-state index is 0.0769. The fourth-order valence-electron chi connectivity index (χ4n) is 5.77. The Hall–Kier alpha value is -2.86. The fraction of sp³-hybridized carbons (Fsp3) is 0.609. The first-order chi connectivity index (χ1) is 18.0. The Labute approximate surface area is 204 Å². The first kappa shape index (κ1) is 19.3. The summed E-state index contributed by atoms with van der Waals surface area (Å²) < 4.78 is 77.6. The smallest absolute Gasteiger partial charge is 0.381 e. The molecule has 0 radical (unpaired) electrons. The lowest BCUT2D eigenvalue weighted by Gasteiger charge is -2.40. The Morgan fingerprint density at radius 2 is 2.03 bits per heavy atom. The molecule has 3 saturated heterocycles. The number of methoxy groups -OCH3 is 1. The lowest BCUT2D eigenvalue weighted by molar-refractivity contribution is -0.140. The zero-order valence-electron chi connectivity index (χ0n) is 22.1. The highest BCUT2D eigenvalue weighted by Gasteiger charge is 2.43. The number of H-pyrrole nitrogens is 1. The van der Waals surface area contributed by atoms with E-state index in [4.69, 9.17) is 18.6 Å². The van der Waals surface area contributed by atoms with Gasteiger partial charge in [-0.2, -0.15) is 28.1 Å². The zero-order valence-corrected chi connectivity index (χ0v) is 19.1. The number of piperidine rings is 1. The standard InChI is InChI=1S/C23H28F3N7O2/c1-13-9-16(34-2)6-8-31(13)17-10-19(32-14-3-4-15(32)12-35-11-14)28-22-20(17)21(23(24,25)26)30-33(22)18-5-7-27-29-18/h5,7,10,13-16H,3-4,6,8-9,11-12H2,1-2H3,(H,27,29)/t13-,14?,15?,16?/m1/s1/i2D3. The highest BCUT2D eigenvalue weighted by atomic mass is 19.4. The van der Waals surface area contributed by atoms with E-state index in [0.29, 0.717) is 44.1 Å². The number of rotatable bonds is 4. The van der Waals surface area contributed by atoms with E-state index < -0.39 is 25.0 Å². The molecule has 3 aliphatic heterocycles. The van der Waals surface area contributed by atoms with Crippen molar-refractivity contribution in [2.45, 2.75) is 63.0 Å². The van der Waals surface area contributed by atoms with Crippen LogP contribution in [-0.4, -0.2) is 76.0 Å². The number of ether oxygens (including phenoxy) is 2. The Morgan fingerprint density at radius 1 is 1.23 bits per heavy atom. The van der Waals surface area contributed by atoms with Gasteiger partial charge >= 0.3 is 6.18 Å². The van der Waals surface area contributed by atoms with Gasteiger partial charge in [0.25, 0.3) is 0 Å². The van der Waals surface area contributed by atoms with E-state index in [-0.39, 0.29) is 35.0 Å². The molecule has 9 nitrogen and oxygen atoms in total. The van der Waals surface area contributed by atoms with Crippen molar-refractivity contribution in [2.24, 2.45) is 0 Å². The third-order valence-electron chi connectivity index (χ3n) is 7.40. The van der Waals surface area contributed by atoms with Gasteiger partial charge in [0.05, 0.1) is 52.8 Å². The molecule has 3 unspecified atom stereocenters.